The fourth-order valence-electron chi connectivity index (χ4n) is 2.98. The Balaban J connectivity index is 2.01. The monoisotopic (exact) mass is 338 g/mol. The normalized spacial score (nSPS) is 19.8. The second-order valence-corrected chi connectivity index (χ2v) is 7.45. The predicted octanol–water partition coefficient (Wildman–Crippen LogP) is 2.35. The first kappa shape index (κ1) is 16.1. The summed E-state index contributed by atoms with van der Waals surface area (Å²) in [6, 6.07) is 4.77. The molecule has 1 aromatic carbocycles. The van der Waals surface area contributed by atoms with Gasteiger partial charge in [-0.1, -0.05) is 12.5 Å². The van der Waals surface area contributed by atoms with Gasteiger partial charge in [0.1, 0.15) is 12.1 Å². The number of benzene rings is 1. The van der Waals surface area contributed by atoms with Crippen molar-refractivity contribution in [2.45, 2.75) is 43.7 Å². The molecule has 124 valence electrons. The molecule has 0 amide bonds. The maximum atomic E-state index is 13.4. The van der Waals surface area contributed by atoms with E-state index < -0.39 is 15.8 Å². The number of hydrogen-bond acceptors (Lipinski definition) is 4. The maximum Gasteiger partial charge on any atom is 0.243 e. The van der Waals surface area contributed by atoms with Crippen LogP contribution in [-0.2, 0) is 16.6 Å². The summed E-state index contributed by atoms with van der Waals surface area (Å²) < 4.78 is 42.6. The zero-order valence-electron chi connectivity index (χ0n) is 12.9. The molecule has 1 aromatic heterocycles. The molecule has 2 aromatic rings. The summed E-state index contributed by atoms with van der Waals surface area (Å²) in [7, 11) is -3.77. The number of aromatic nitrogens is 3. The Kier molecular flexibility index (Phi) is 4.45. The molecule has 0 aliphatic carbocycles. The van der Waals surface area contributed by atoms with E-state index in [1.807, 2.05) is 11.5 Å². The van der Waals surface area contributed by atoms with E-state index in [0.29, 0.717) is 25.3 Å². The van der Waals surface area contributed by atoms with E-state index in [1.165, 1.54) is 22.5 Å². The average molecular weight is 338 g/mol. The van der Waals surface area contributed by atoms with E-state index in [4.69, 9.17) is 0 Å². The van der Waals surface area contributed by atoms with Crippen molar-refractivity contribution in [1.29, 1.82) is 0 Å². The van der Waals surface area contributed by atoms with Crippen molar-refractivity contribution in [3.05, 3.63) is 42.2 Å². The Morgan fingerprint density at radius 1 is 1.35 bits per heavy atom. The Morgan fingerprint density at radius 3 is 2.91 bits per heavy atom. The van der Waals surface area contributed by atoms with Gasteiger partial charge in [-0.05, 0) is 38.0 Å². The molecule has 0 radical (unpaired) electrons. The van der Waals surface area contributed by atoms with Gasteiger partial charge in [0.05, 0.1) is 10.9 Å². The first-order chi connectivity index (χ1) is 11.0. The molecule has 3 rings (SSSR count). The van der Waals surface area contributed by atoms with Gasteiger partial charge in [-0.2, -0.15) is 4.31 Å². The largest absolute Gasteiger partial charge is 0.317 e. The molecule has 1 atom stereocenters. The van der Waals surface area contributed by atoms with Gasteiger partial charge in [-0.15, -0.1) is 10.2 Å². The number of rotatable bonds is 4. The lowest BCUT2D eigenvalue weighted by molar-refractivity contribution is 0.241. The van der Waals surface area contributed by atoms with Crippen LogP contribution in [0.4, 0.5) is 4.39 Å². The molecular formula is C15H19FN4O2S. The molecule has 6 nitrogen and oxygen atoms in total. The van der Waals surface area contributed by atoms with Crippen LogP contribution in [0, 0.1) is 5.82 Å². The van der Waals surface area contributed by atoms with Gasteiger partial charge < -0.3 is 4.57 Å². The van der Waals surface area contributed by atoms with Crippen LogP contribution in [0.3, 0.4) is 0 Å². The van der Waals surface area contributed by atoms with Gasteiger partial charge in [0, 0.05) is 13.1 Å². The number of halogens is 1. The van der Waals surface area contributed by atoms with Crippen molar-refractivity contribution in [1.82, 2.24) is 19.1 Å². The summed E-state index contributed by atoms with van der Waals surface area (Å²) in [5.41, 5.74) is 0. The van der Waals surface area contributed by atoms with Crippen molar-refractivity contribution in [3.63, 3.8) is 0 Å². The Hall–Kier alpha value is -1.80. The quantitative estimate of drug-likeness (QED) is 0.858. The highest BCUT2D eigenvalue weighted by Crippen LogP contribution is 2.34. The van der Waals surface area contributed by atoms with E-state index >= 15 is 0 Å². The molecule has 8 heteroatoms. The van der Waals surface area contributed by atoms with Gasteiger partial charge in [0.15, 0.2) is 5.82 Å². The Morgan fingerprint density at radius 2 is 2.17 bits per heavy atom. The standard InChI is InChI=1S/C15H19FN4O2S/c1-2-19-11-17-18-15(19)14-8-3-4-9-20(14)23(21,22)13-7-5-6-12(16)10-13/h5-7,10-11,14H,2-4,8-9H2,1H3. The van der Waals surface area contributed by atoms with Crippen LogP contribution in [0.15, 0.2) is 35.5 Å². The van der Waals surface area contributed by atoms with Crippen molar-refractivity contribution < 1.29 is 12.8 Å². The molecule has 23 heavy (non-hydrogen) atoms. The highest BCUT2D eigenvalue weighted by molar-refractivity contribution is 7.89. The second-order valence-electron chi connectivity index (χ2n) is 5.56. The van der Waals surface area contributed by atoms with Crippen LogP contribution < -0.4 is 0 Å². The highest BCUT2D eigenvalue weighted by atomic mass is 32.2. The summed E-state index contributed by atoms with van der Waals surface area (Å²) in [4.78, 5) is -0.0213. The van der Waals surface area contributed by atoms with Crippen molar-refractivity contribution >= 4 is 10.0 Å². The fourth-order valence-corrected chi connectivity index (χ4v) is 4.67. The minimum atomic E-state index is -3.77. The molecule has 1 fully saturated rings. The van der Waals surface area contributed by atoms with Crippen molar-refractivity contribution in [2.75, 3.05) is 6.54 Å². The van der Waals surface area contributed by atoms with Crippen LogP contribution in [0.5, 0.6) is 0 Å². The van der Waals surface area contributed by atoms with E-state index in [1.54, 1.807) is 6.33 Å². The zero-order chi connectivity index (χ0) is 16.4. The van der Waals surface area contributed by atoms with E-state index in [0.717, 1.165) is 18.9 Å². The third-order valence-electron chi connectivity index (χ3n) is 4.14. The number of aryl methyl sites for hydroxylation is 1. The highest BCUT2D eigenvalue weighted by Gasteiger charge is 2.36. The molecule has 1 aliphatic rings. The Bertz CT molecular complexity index is 790. The summed E-state index contributed by atoms with van der Waals surface area (Å²) >= 11 is 0. The average Bonchev–Trinajstić information content (AvgIpc) is 3.03. The first-order valence-electron chi connectivity index (χ1n) is 7.69. The predicted molar refractivity (Wildman–Crippen MR) is 82.6 cm³/mol. The van der Waals surface area contributed by atoms with Gasteiger partial charge in [0.25, 0.3) is 0 Å². The van der Waals surface area contributed by atoms with Crippen LogP contribution in [0.1, 0.15) is 38.1 Å². The number of piperidine rings is 1. The third kappa shape index (κ3) is 3.00. The minimum absolute atomic E-state index is 0.0213. The molecule has 2 heterocycles. The summed E-state index contributed by atoms with van der Waals surface area (Å²) in [6.45, 7) is 3.04. The van der Waals surface area contributed by atoms with E-state index in [2.05, 4.69) is 10.2 Å². The summed E-state index contributed by atoms with van der Waals surface area (Å²) in [5.74, 6) is 0.0866. The molecule has 1 unspecified atom stereocenters. The molecule has 0 N–H and O–H groups in total. The topological polar surface area (TPSA) is 68.1 Å². The molecule has 0 spiro atoms. The number of sulfonamides is 1. The zero-order valence-corrected chi connectivity index (χ0v) is 13.7. The van der Waals surface area contributed by atoms with Crippen molar-refractivity contribution in [2.24, 2.45) is 0 Å². The second kappa shape index (κ2) is 6.37. The number of hydrogen-bond donors (Lipinski definition) is 0. The maximum absolute atomic E-state index is 13.4. The molecule has 1 aliphatic heterocycles. The van der Waals surface area contributed by atoms with Crippen LogP contribution in [0.25, 0.3) is 0 Å². The SMILES string of the molecule is CCn1cnnc1C1CCCCN1S(=O)(=O)c1cccc(F)c1. The van der Waals surface area contributed by atoms with E-state index in [9.17, 15) is 12.8 Å². The molecule has 0 saturated carbocycles. The van der Waals surface area contributed by atoms with Gasteiger partial charge in [-0.3, -0.25) is 0 Å². The molecule has 0 bridgehead atoms. The summed E-state index contributed by atoms with van der Waals surface area (Å²) in [5, 5.41) is 8.02. The lowest BCUT2D eigenvalue weighted by atomic mass is 10.0. The number of nitrogens with zero attached hydrogens (tertiary/aromatic N) is 4. The van der Waals surface area contributed by atoms with Gasteiger partial charge in [-0.25, -0.2) is 12.8 Å². The first-order valence-corrected chi connectivity index (χ1v) is 9.13. The third-order valence-corrected chi connectivity index (χ3v) is 6.04. The fraction of sp³-hybridized carbons (Fsp3) is 0.467. The van der Waals surface area contributed by atoms with Crippen LogP contribution >= 0.6 is 0 Å². The smallest absolute Gasteiger partial charge is 0.243 e. The lowest BCUT2D eigenvalue weighted by Gasteiger charge is -2.34. The van der Waals surface area contributed by atoms with Crippen LogP contribution in [0.2, 0.25) is 0 Å². The minimum Gasteiger partial charge on any atom is -0.317 e. The van der Waals surface area contributed by atoms with Crippen molar-refractivity contribution in [3.8, 4) is 0 Å². The lowest BCUT2D eigenvalue weighted by Crippen LogP contribution is -2.39. The van der Waals surface area contributed by atoms with Crippen LogP contribution in [-0.4, -0.2) is 34.0 Å². The van der Waals surface area contributed by atoms with Gasteiger partial charge >= 0.3 is 0 Å². The van der Waals surface area contributed by atoms with Gasteiger partial charge in [0.2, 0.25) is 10.0 Å². The molecular weight excluding hydrogens is 319 g/mol. The summed E-state index contributed by atoms with van der Waals surface area (Å²) in [6.07, 6.45) is 4.01. The molecule has 1 saturated heterocycles. The Labute approximate surface area is 135 Å². The van der Waals surface area contributed by atoms with E-state index in [-0.39, 0.29) is 10.9 Å².